The summed E-state index contributed by atoms with van der Waals surface area (Å²) in [6, 6.07) is 0.799. The van der Waals surface area contributed by atoms with Crippen molar-refractivity contribution in [1.82, 2.24) is 5.32 Å². The van der Waals surface area contributed by atoms with Gasteiger partial charge in [-0.25, -0.2) is 0 Å². The van der Waals surface area contributed by atoms with E-state index in [0.29, 0.717) is 4.99 Å². The van der Waals surface area contributed by atoms with Gasteiger partial charge in [0.2, 0.25) is 0 Å². The molecule has 0 amide bonds. The Balaban J connectivity index is 2.56. The molecule has 9 heavy (non-hydrogen) atoms. The van der Waals surface area contributed by atoms with Crippen molar-refractivity contribution in [2.45, 2.75) is 0 Å². The van der Waals surface area contributed by atoms with Gasteiger partial charge in [0.05, 0.1) is 0 Å². The predicted molar refractivity (Wildman–Crippen MR) is 41.4 cm³/mol. The van der Waals surface area contributed by atoms with E-state index in [2.05, 4.69) is 5.32 Å². The average Bonchev–Trinajstić information content (AvgIpc) is 1.90. The maximum absolute atomic E-state index is 5.31. The summed E-state index contributed by atoms with van der Waals surface area (Å²) in [5.41, 5.74) is 5.31. The van der Waals surface area contributed by atoms with Crippen molar-refractivity contribution in [3.8, 4) is 0 Å². The molecule has 1 heterocycles. The van der Waals surface area contributed by atoms with Crippen LogP contribution < -0.4 is 11.1 Å². The third-order valence-corrected chi connectivity index (χ3v) is 1.19. The molecule has 0 aromatic rings. The van der Waals surface area contributed by atoms with E-state index in [0.717, 1.165) is 6.04 Å². The molecule has 0 unspecified atom stereocenters. The van der Waals surface area contributed by atoms with Gasteiger partial charge in [-0.2, -0.15) is 0 Å². The maximum Gasteiger partial charge on any atom is 0.140 e. The molecule has 2 nitrogen and oxygen atoms in total. The van der Waals surface area contributed by atoms with Gasteiger partial charge in [0.1, 0.15) is 11.0 Å². The largest absolute Gasteiger partial charge is 0.391 e. The number of allylic oxidation sites excluding steroid dienone is 2. The van der Waals surface area contributed by atoms with E-state index in [-0.39, 0.29) is 0 Å². The van der Waals surface area contributed by atoms with Crippen molar-refractivity contribution in [2.24, 2.45) is 5.73 Å². The lowest BCUT2D eigenvalue weighted by Gasteiger charge is -2.11. The normalized spacial score (nSPS) is 17.3. The number of hydrogen-bond acceptors (Lipinski definition) is 2. The standard InChI is InChI=1S/C6H7N2S/c7-6(9)5-3-1-2-4-8-5/h1-4,8H,(H2,7,9). The Morgan fingerprint density at radius 2 is 2.33 bits per heavy atom. The molecule has 47 valence electrons. The predicted octanol–water partition coefficient (Wildman–Crippen LogP) is 0.478. The molecule has 3 heteroatoms. The topological polar surface area (TPSA) is 38.0 Å². The zero-order valence-electron chi connectivity index (χ0n) is 4.79. The fraction of sp³-hybridized carbons (Fsp3) is 0. The zero-order valence-corrected chi connectivity index (χ0v) is 5.61. The Hall–Kier alpha value is -0.830. The highest BCUT2D eigenvalue weighted by molar-refractivity contribution is 7.80. The van der Waals surface area contributed by atoms with Crippen molar-refractivity contribution < 1.29 is 0 Å². The highest BCUT2D eigenvalue weighted by Gasteiger charge is 2.06. The summed E-state index contributed by atoms with van der Waals surface area (Å²) >= 11 is 4.71. The molecule has 0 aromatic heterocycles. The van der Waals surface area contributed by atoms with E-state index in [9.17, 15) is 0 Å². The van der Waals surface area contributed by atoms with Crippen LogP contribution in [0.1, 0.15) is 0 Å². The van der Waals surface area contributed by atoms with E-state index in [1.54, 1.807) is 6.20 Å². The van der Waals surface area contributed by atoms with Crippen LogP contribution in [0.3, 0.4) is 0 Å². The van der Waals surface area contributed by atoms with Gasteiger partial charge < -0.3 is 11.1 Å². The lowest BCUT2D eigenvalue weighted by atomic mass is 10.2. The smallest absolute Gasteiger partial charge is 0.140 e. The van der Waals surface area contributed by atoms with Gasteiger partial charge in [0.25, 0.3) is 0 Å². The molecule has 1 rings (SSSR count). The summed E-state index contributed by atoms with van der Waals surface area (Å²) in [5, 5.41) is 2.90. The molecule has 0 atom stereocenters. The lowest BCUT2D eigenvalue weighted by molar-refractivity contribution is 1.02. The van der Waals surface area contributed by atoms with Crippen LogP contribution in [-0.4, -0.2) is 4.99 Å². The van der Waals surface area contributed by atoms with E-state index in [1.807, 2.05) is 18.2 Å². The first-order valence-corrected chi connectivity index (χ1v) is 2.98. The molecule has 0 spiro atoms. The number of rotatable bonds is 1. The number of nitrogens with two attached hydrogens (primary N) is 1. The van der Waals surface area contributed by atoms with Crippen molar-refractivity contribution in [2.75, 3.05) is 0 Å². The van der Waals surface area contributed by atoms with Gasteiger partial charge in [0, 0.05) is 0 Å². The minimum Gasteiger partial charge on any atom is -0.391 e. The summed E-state index contributed by atoms with van der Waals surface area (Å²) in [4.78, 5) is 0.399. The molecule has 0 aliphatic carbocycles. The first-order valence-electron chi connectivity index (χ1n) is 2.57. The van der Waals surface area contributed by atoms with Gasteiger partial charge in [-0.3, -0.25) is 0 Å². The van der Waals surface area contributed by atoms with Crippen LogP contribution in [0.2, 0.25) is 0 Å². The van der Waals surface area contributed by atoms with Crippen molar-refractivity contribution in [1.29, 1.82) is 0 Å². The third kappa shape index (κ3) is 1.54. The fourth-order valence-electron chi connectivity index (χ4n) is 0.547. The Bertz CT molecular complexity index is 172. The zero-order chi connectivity index (χ0) is 6.69. The van der Waals surface area contributed by atoms with Crippen LogP contribution in [0.25, 0.3) is 0 Å². The third-order valence-electron chi connectivity index (χ3n) is 0.975. The summed E-state index contributed by atoms with van der Waals surface area (Å²) in [6.45, 7) is 0. The SMILES string of the molecule is NC(=S)[C]1C=CC=CN1. The second kappa shape index (κ2) is 2.64. The van der Waals surface area contributed by atoms with Gasteiger partial charge in [-0.05, 0) is 18.4 Å². The molecule has 0 fully saturated rings. The molecule has 0 bridgehead atoms. The minimum atomic E-state index is 0.399. The maximum atomic E-state index is 5.31. The summed E-state index contributed by atoms with van der Waals surface area (Å²) < 4.78 is 0. The number of hydrogen-bond donors (Lipinski definition) is 2. The molecule has 1 aliphatic rings. The van der Waals surface area contributed by atoms with Gasteiger partial charge in [-0.15, -0.1) is 0 Å². The van der Waals surface area contributed by atoms with Gasteiger partial charge >= 0.3 is 0 Å². The van der Waals surface area contributed by atoms with Crippen LogP contribution in [-0.2, 0) is 0 Å². The number of nitrogens with one attached hydrogen (secondary N) is 1. The molecule has 3 N–H and O–H groups in total. The first-order chi connectivity index (χ1) is 4.30. The van der Waals surface area contributed by atoms with Crippen LogP contribution >= 0.6 is 12.2 Å². The van der Waals surface area contributed by atoms with Crippen LogP contribution in [0.15, 0.2) is 24.4 Å². The van der Waals surface area contributed by atoms with Crippen molar-refractivity contribution in [3.63, 3.8) is 0 Å². The second-order valence-electron chi connectivity index (χ2n) is 1.64. The van der Waals surface area contributed by atoms with E-state index < -0.39 is 0 Å². The van der Waals surface area contributed by atoms with Crippen LogP contribution in [0.5, 0.6) is 0 Å². The van der Waals surface area contributed by atoms with Gasteiger partial charge in [0.15, 0.2) is 0 Å². The highest BCUT2D eigenvalue weighted by Crippen LogP contribution is 2.01. The average molecular weight is 139 g/mol. The Kier molecular flexibility index (Phi) is 1.85. The van der Waals surface area contributed by atoms with Crippen molar-refractivity contribution >= 4 is 17.2 Å². The molecule has 1 aliphatic heterocycles. The lowest BCUT2D eigenvalue weighted by Crippen LogP contribution is -2.28. The second-order valence-corrected chi connectivity index (χ2v) is 2.08. The van der Waals surface area contributed by atoms with E-state index >= 15 is 0 Å². The summed E-state index contributed by atoms with van der Waals surface area (Å²) in [6.07, 6.45) is 7.38. The monoisotopic (exact) mass is 139 g/mol. The number of thiocarbonyl (C=S) groups is 1. The quantitative estimate of drug-likeness (QED) is 0.519. The Labute approximate surface area is 59.4 Å². The molecule has 1 radical (unpaired) electrons. The van der Waals surface area contributed by atoms with Crippen LogP contribution in [0, 0.1) is 6.04 Å². The Morgan fingerprint density at radius 1 is 1.56 bits per heavy atom. The number of dihydropyridines is 1. The first kappa shape index (κ1) is 6.29. The van der Waals surface area contributed by atoms with Crippen LogP contribution in [0.4, 0.5) is 0 Å². The summed E-state index contributed by atoms with van der Waals surface area (Å²) in [5.74, 6) is 0. The fourth-order valence-corrected chi connectivity index (χ4v) is 0.674. The van der Waals surface area contributed by atoms with E-state index in [1.165, 1.54) is 0 Å². The van der Waals surface area contributed by atoms with Crippen molar-refractivity contribution in [3.05, 3.63) is 30.5 Å². The Morgan fingerprint density at radius 3 is 2.67 bits per heavy atom. The highest BCUT2D eigenvalue weighted by atomic mass is 32.1. The minimum absolute atomic E-state index is 0.399. The summed E-state index contributed by atoms with van der Waals surface area (Å²) in [7, 11) is 0. The van der Waals surface area contributed by atoms with E-state index in [4.69, 9.17) is 18.0 Å². The molecule has 0 aromatic carbocycles. The van der Waals surface area contributed by atoms with Gasteiger partial charge in [-0.1, -0.05) is 18.3 Å². The molecular weight excluding hydrogens is 132 g/mol. The molecule has 0 saturated heterocycles. The molecular formula is C6H7N2S. The molecule has 0 saturated carbocycles.